The van der Waals surface area contributed by atoms with Gasteiger partial charge in [0.1, 0.15) is 6.23 Å². The van der Waals surface area contributed by atoms with E-state index in [1.165, 1.54) is 0 Å². The normalized spacial score (nSPS) is 35.7. The number of hydrogen-bond donors (Lipinski definition) is 0. The molecule has 15 heavy (non-hydrogen) atoms. The van der Waals surface area contributed by atoms with Gasteiger partial charge in [0.2, 0.25) is 0 Å². The highest BCUT2D eigenvalue weighted by molar-refractivity contribution is 7.86. The second-order valence-electron chi connectivity index (χ2n) is 4.15. The predicted octanol–water partition coefficient (Wildman–Crippen LogP) is -0.300. The summed E-state index contributed by atoms with van der Waals surface area (Å²) < 4.78 is 28.2. The smallest absolute Gasteiger partial charge is 0.268 e. The minimum Gasteiger partial charge on any atom is -0.297 e. The van der Waals surface area contributed by atoms with Crippen molar-refractivity contribution >= 4 is 10.1 Å². The third-order valence-corrected chi connectivity index (χ3v) is 4.36. The predicted molar refractivity (Wildman–Crippen MR) is 57.0 cm³/mol. The maximum Gasteiger partial charge on any atom is 0.268 e. The molecule has 1 unspecified atom stereocenters. The Morgan fingerprint density at radius 3 is 2.40 bits per heavy atom. The van der Waals surface area contributed by atoms with Gasteiger partial charge >= 0.3 is 0 Å². The summed E-state index contributed by atoms with van der Waals surface area (Å²) in [6, 6.07) is 0. The van der Waals surface area contributed by atoms with Crippen LogP contribution >= 0.6 is 0 Å². The van der Waals surface area contributed by atoms with Crippen molar-refractivity contribution in [2.45, 2.75) is 19.6 Å². The first-order valence-electron chi connectivity index (χ1n) is 5.48. The Kier molecular flexibility index (Phi) is 3.30. The van der Waals surface area contributed by atoms with E-state index in [1.54, 1.807) is 0 Å². The summed E-state index contributed by atoms with van der Waals surface area (Å²) in [5.74, 6) is 0.122. The molecule has 5 nitrogen and oxygen atoms in total. The summed E-state index contributed by atoms with van der Waals surface area (Å²) in [5.41, 5.74) is 0. The molecular formula is C9H18N2O3S. The molecule has 0 N–H and O–H groups in total. The van der Waals surface area contributed by atoms with Crippen LogP contribution in [0.4, 0.5) is 0 Å². The van der Waals surface area contributed by atoms with Crippen LogP contribution in [-0.2, 0) is 14.3 Å². The second-order valence-corrected chi connectivity index (χ2v) is 5.87. The molecule has 0 spiro atoms. The van der Waals surface area contributed by atoms with Crippen molar-refractivity contribution in [3.63, 3.8) is 0 Å². The van der Waals surface area contributed by atoms with Gasteiger partial charge in [0.25, 0.3) is 10.1 Å². The fraction of sp³-hybridized carbons (Fsp3) is 1.00. The fourth-order valence-electron chi connectivity index (χ4n) is 2.13. The Labute approximate surface area is 91.1 Å². The van der Waals surface area contributed by atoms with E-state index in [0.717, 1.165) is 32.7 Å². The van der Waals surface area contributed by atoms with Crippen LogP contribution in [0.5, 0.6) is 0 Å². The molecule has 1 atom stereocenters. The molecule has 3 fully saturated rings. The lowest BCUT2D eigenvalue weighted by atomic mass is 10.2. The number of rotatable bonds is 4. The van der Waals surface area contributed by atoms with Gasteiger partial charge in [-0.05, 0) is 6.42 Å². The van der Waals surface area contributed by atoms with Crippen LogP contribution < -0.4 is 0 Å². The van der Waals surface area contributed by atoms with E-state index in [1.807, 2.05) is 6.92 Å². The van der Waals surface area contributed by atoms with Crippen molar-refractivity contribution < 1.29 is 12.6 Å². The molecule has 0 aromatic heterocycles. The Morgan fingerprint density at radius 1 is 1.27 bits per heavy atom. The van der Waals surface area contributed by atoms with Gasteiger partial charge in [-0.2, -0.15) is 8.42 Å². The molecule has 2 bridgehead atoms. The van der Waals surface area contributed by atoms with Gasteiger partial charge in [0.15, 0.2) is 0 Å². The highest BCUT2D eigenvalue weighted by Crippen LogP contribution is 2.18. The van der Waals surface area contributed by atoms with Crippen LogP contribution in [0, 0.1) is 0 Å². The highest BCUT2D eigenvalue weighted by Gasteiger charge is 2.35. The number of nitrogens with zero attached hydrogens (tertiary/aromatic N) is 2. The van der Waals surface area contributed by atoms with E-state index in [2.05, 4.69) is 9.80 Å². The Hall–Kier alpha value is -0.170. The average Bonchev–Trinajstić information content (AvgIpc) is 2.18. The third-order valence-electron chi connectivity index (χ3n) is 2.94. The van der Waals surface area contributed by atoms with Crippen molar-refractivity contribution in [3.05, 3.63) is 0 Å². The molecule has 0 aromatic carbocycles. The number of hydrogen-bond acceptors (Lipinski definition) is 5. The van der Waals surface area contributed by atoms with Gasteiger partial charge in [-0.1, -0.05) is 6.92 Å². The molecule has 3 heterocycles. The topological polar surface area (TPSA) is 49.9 Å². The standard InChI is InChI=1S/C9H18N2O3S/c1-2-7-15(12,13)14-9-8-10-3-5-11(9)6-4-10/h9H,2-8H2,1H3. The van der Waals surface area contributed by atoms with E-state index in [-0.39, 0.29) is 12.0 Å². The van der Waals surface area contributed by atoms with Crippen molar-refractivity contribution in [2.24, 2.45) is 0 Å². The molecule has 3 saturated heterocycles. The summed E-state index contributed by atoms with van der Waals surface area (Å²) >= 11 is 0. The minimum atomic E-state index is -3.32. The van der Waals surface area contributed by atoms with Crippen molar-refractivity contribution in [2.75, 3.05) is 38.5 Å². The summed E-state index contributed by atoms with van der Waals surface area (Å²) in [6.07, 6.45) is 0.364. The highest BCUT2D eigenvalue weighted by atomic mass is 32.2. The SMILES string of the molecule is CCCS(=O)(=O)OC1CN2CCN1CC2. The summed E-state index contributed by atoms with van der Waals surface area (Å²) in [7, 11) is -3.32. The lowest BCUT2D eigenvalue weighted by Crippen LogP contribution is -2.62. The van der Waals surface area contributed by atoms with Crippen molar-refractivity contribution in [3.8, 4) is 0 Å². The summed E-state index contributed by atoms with van der Waals surface area (Å²) in [4.78, 5) is 4.37. The van der Waals surface area contributed by atoms with Crippen LogP contribution in [-0.4, -0.2) is 62.9 Å². The lowest BCUT2D eigenvalue weighted by Gasteiger charge is -2.46. The molecule has 6 heteroatoms. The molecule has 3 aliphatic rings. The third kappa shape index (κ3) is 2.69. The molecule has 3 rings (SSSR count). The molecule has 88 valence electrons. The van der Waals surface area contributed by atoms with E-state index in [0.29, 0.717) is 6.42 Å². The zero-order valence-electron chi connectivity index (χ0n) is 9.05. The van der Waals surface area contributed by atoms with E-state index in [9.17, 15) is 8.42 Å². The van der Waals surface area contributed by atoms with Crippen LogP contribution in [0.2, 0.25) is 0 Å². The second kappa shape index (κ2) is 4.37. The van der Waals surface area contributed by atoms with E-state index in [4.69, 9.17) is 4.18 Å². The molecule has 0 aromatic rings. The number of fused-ring (bicyclic) bond motifs is 3. The molecule has 0 radical (unpaired) electrons. The van der Waals surface area contributed by atoms with Crippen molar-refractivity contribution in [1.82, 2.24) is 9.80 Å². The first-order valence-corrected chi connectivity index (χ1v) is 7.06. The minimum absolute atomic E-state index is 0.122. The Balaban J connectivity index is 1.95. The zero-order chi connectivity index (χ0) is 10.9. The quantitative estimate of drug-likeness (QED) is 0.625. The molecule has 0 saturated carbocycles. The first-order chi connectivity index (χ1) is 7.11. The molecule has 0 aliphatic carbocycles. The molecular weight excluding hydrogens is 216 g/mol. The monoisotopic (exact) mass is 234 g/mol. The molecule has 3 aliphatic heterocycles. The lowest BCUT2D eigenvalue weighted by molar-refractivity contribution is -0.0763. The maximum absolute atomic E-state index is 11.5. The van der Waals surface area contributed by atoms with E-state index < -0.39 is 10.1 Å². The summed E-state index contributed by atoms with van der Waals surface area (Å²) in [6.45, 7) is 6.49. The van der Waals surface area contributed by atoms with E-state index >= 15 is 0 Å². The van der Waals surface area contributed by atoms with Crippen LogP contribution in [0.1, 0.15) is 13.3 Å². The van der Waals surface area contributed by atoms with Gasteiger partial charge in [0, 0.05) is 32.7 Å². The maximum atomic E-state index is 11.5. The zero-order valence-corrected chi connectivity index (χ0v) is 9.87. The van der Waals surface area contributed by atoms with Gasteiger partial charge in [-0.3, -0.25) is 9.80 Å². The Bertz CT molecular complexity index is 309. The largest absolute Gasteiger partial charge is 0.297 e. The average molecular weight is 234 g/mol. The van der Waals surface area contributed by atoms with Crippen LogP contribution in [0.25, 0.3) is 0 Å². The van der Waals surface area contributed by atoms with Gasteiger partial charge in [-0.15, -0.1) is 0 Å². The number of piperazine rings is 3. The van der Waals surface area contributed by atoms with Gasteiger partial charge in [-0.25, -0.2) is 4.18 Å². The van der Waals surface area contributed by atoms with Crippen molar-refractivity contribution in [1.29, 1.82) is 0 Å². The Morgan fingerprint density at radius 2 is 1.93 bits per heavy atom. The van der Waals surface area contributed by atoms with Crippen LogP contribution in [0.3, 0.4) is 0 Å². The summed E-state index contributed by atoms with van der Waals surface area (Å²) in [5, 5.41) is 0. The van der Waals surface area contributed by atoms with Gasteiger partial charge < -0.3 is 0 Å². The fourth-order valence-corrected chi connectivity index (χ4v) is 3.25. The first kappa shape index (κ1) is 11.3. The molecule has 0 amide bonds. The van der Waals surface area contributed by atoms with Gasteiger partial charge in [0.05, 0.1) is 5.75 Å². The van der Waals surface area contributed by atoms with Crippen LogP contribution in [0.15, 0.2) is 0 Å².